The number of rotatable bonds is 6. The molecule has 0 aliphatic rings. The van der Waals surface area contributed by atoms with Crippen molar-refractivity contribution in [1.29, 1.82) is 0 Å². The Morgan fingerprint density at radius 2 is 1.57 bits per heavy atom. The van der Waals surface area contributed by atoms with Crippen LogP contribution in [0.15, 0.2) is 65.6 Å². The van der Waals surface area contributed by atoms with Gasteiger partial charge in [-0.05, 0) is 49.4 Å². The number of alkyl halides is 3. The molecular formula is C21H17F3N2O4. The zero-order chi connectivity index (χ0) is 21.7. The number of pyridine rings is 1. The number of carbonyl (C=O) groups excluding carboxylic acids is 1. The number of benzene rings is 2. The first-order valence-electron chi connectivity index (χ1n) is 8.78. The molecule has 1 heterocycles. The summed E-state index contributed by atoms with van der Waals surface area (Å²) in [5, 5.41) is 2.11. The Hall–Kier alpha value is -3.75. The fourth-order valence-electron chi connectivity index (χ4n) is 2.42. The number of H-pyrrole nitrogens is 1. The Labute approximate surface area is 169 Å². The van der Waals surface area contributed by atoms with Crippen molar-refractivity contribution in [2.45, 2.75) is 13.1 Å². The number of carbonyl (C=O) groups is 1. The summed E-state index contributed by atoms with van der Waals surface area (Å²) < 4.78 is 49.1. The average molecular weight is 418 g/mol. The maximum Gasteiger partial charge on any atom is 0.417 e. The monoisotopic (exact) mass is 418 g/mol. The van der Waals surface area contributed by atoms with Crippen molar-refractivity contribution in [1.82, 2.24) is 4.98 Å². The lowest BCUT2D eigenvalue weighted by Gasteiger charge is -2.10. The molecule has 3 aromatic rings. The number of amides is 1. The minimum Gasteiger partial charge on any atom is -0.484 e. The standard InChI is InChI=1S/C21H17F3N2O4/c1-13-2-4-16(5-3-13)30-17-8-6-15(7-9-17)29-12-19(27)26-18-10-14(21(22,23)24)11-25-20(18)28/h2-11H,12H2,1H3,(H,25,28)(H,26,27). The van der Waals surface area contributed by atoms with Crippen LogP contribution >= 0.6 is 0 Å². The molecule has 0 bridgehead atoms. The Morgan fingerprint density at radius 1 is 1.00 bits per heavy atom. The summed E-state index contributed by atoms with van der Waals surface area (Å²) in [6, 6.07) is 14.5. The molecule has 2 N–H and O–H groups in total. The molecular weight excluding hydrogens is 401 g/mol. The lowest BCUT2D eigenvalue weighted by atomic mass is 10.2. The van der Waals surface area contributed by atoms with E-state index >= 15 is 0 Å². The molecule has 3 rings (SSSR count). The highest BCUT2D eigenvalue weighted by molar-refractivity contribution is 5.91. The molecule has 1 aromatic heterocycles. The molecule has 0 saturated carbocycles. The lowest BCUT2D eigenvalue weighted by Crippen LogP contribution is -2.25. The van der Waals surface area contributed by atoms with Gasteiger partial charge in [-0.25, -0.2) is 0 Å². The first kappa shape index (κ1) is 21.0. The summed E-state index contributed by atoms with van der Waals surface area (Å²) in [6.07, 6.45) is -4.11. The molecule has 0 unspecified atom stereocenters. The first-order valence-corrected chi connectivity index (χ1v) is 8.78. The predicted octanol–water partition coefficient (Wildman–Crippen LogP) is 4.51. The van der Waals surface area contributed by atoms with Gasteiger partial charge in [-0.1, -0.05) is 17.7 Å². The Balaban J connectivity index is 1.56. The van der Waals surface area contributed by atoms with E-state index in [1.54, 1.807) is 24.3 Å². The molecule has 156 valence electrons. The Bertz CT molecular complexity index is 1080. The van der Waals surface area contributed by atoms with Crippen molar-refractivity contribution < 1.29 is 27.4 Å². The zero-order valence-electron chi connectivity index (χ0n) is 15.7. The first-order chi connectivity index (χ1) is 14.2. The van der Waals surface area contributed by atoms with Crippen LogP contribution in [0.3, 0.4) is 0 Å². The van der Waals surface area contributed by atoms with E-state index in [2.05, 4.69) is 5.32 Å². The van der Waals surface area contributed by atoms with E-state index in [0.29, 0.717) is 29.5 Å². The Morgan fingerprint density at radius 3 is 2.17 bits per heavy atom. The maximum absolute atomic E-state index is 12.7. The van der Waals surface area contributed by atoms with Crippen LogP contribution in [0.25, 0.3) is 0 Å². The third-order valence-electron chi connectivity index (χ3n) is 3.95. The van der Waals surface area contributed by atoms with Crippen molar-refractivity contribution >= 4 is 11.6 Å². The van der Waals surface area contributed by atoms with Gasteiger partial charge in [0.05, 0.1) is 5.56 Å². The van der Waals surface area contributed by atoms with Gasteiger partial charge in [0.2, 0.25) is 0 Å². The van der Waals surface area contributed by atoms with Crippen LogP contribution in [0, 0.1) is 6.92 Å². The van der Waals surface area contributed by atoms with Crippen LogP contribution in [0.2, 0.25) is 0 Å². The van der Waals surface area contributed by atoms with Gasteiger partial charge in [-0.3, -0.25) is 9.59 Å². The van der Waals surface area contributed by atoms with Gasteiger partial charge >= 0.3 is 6.18 Å². The van der Waals surface area contributed by atoms with E-state index in [1.165, 1.54) is 0 Å². The molecule has 1 amide bonds. The number of aromatic amines is 1. The van der Waals surface area contributed by atoms with Gasteiger partial charge in [0.1, 0.15) is 22.9 Å². The minimum absolute atomic E-state index is 0.347. The van der Waals surface area contributed by atoms with E-state index < -0.39 is 35.5 Å². The summed E-state index contributed by atoms with van der Waals surface area (Å²) in [5.41, 5.74) is -1.34. The number of hydrogen-bond donors (Lipinski definition) is 2. The van der Waals surface area contributed by atoms with Gasteiger partial charge in [-0.2, -0.15) is 13.2 Å². The maximum atomic E-state index is 12.7. The number of halogens is 3. The summed E-state index contributed by atoms with van der Waals surface area (Å²) in [6.45, 7) is 1.48. The summed E-state index contributed by atoms with van der Waals surface area (Å²) >= 11 is 0. The number of nitrogens with one attached hydrogen (secondary N) is 2. The van der Waals surface area contributed by atoms with Crippen LogP contribution in [-0.2, 0) is 11.0 Å². The van der Waals surface area contributed by atoms with Crippen LogP contribution in [0.5, 0.6) is 17.2 Å². The normalized spacial score (nSPS) is 11.1. The second-order valence-electron chi connectivity index (χ2n) is 6.35. The largest absolute Gasteiger partial charge is 0.484 e. The predicted molar refractivity (Wildman–Crippen MR) is 104 cm³/mol. The van der Waals surface area contributed by atoms with E-state index in [4.69, 9.17) is 9.47 Å². The molecule has 0 radical (unpaired) electrons. The highest BCUT2D eigenvalue weighted by Crippen LogP contribution is 2.29. The SMILES string of the molecule is Cc1ccc(Oc2ccc(OCC(=O)Nc3cc(C(F)(F)F)c[nH]c3=O)cc2)cc1. The van der Waals surface area contributed by atoms with E-state index in [9.17, 15) is 22.8 Å². The average Bonchev–Trinajstić information content (AvgIpc) is 2.70. The summed E-state index contributed by atoms with van der Waals surface area (Å²) in [5.74, 6) is 0.797. The van der Waals surface area contributed by atoms with Crippen molar-refractivity contribution in [2.24, 2.45) is 0 Å². The lowest BCUT2D eigenvalue weighted by molar-refractivity contribution is -0.137. The molecule has 9 heteroatoms. The zero-order valence-corrected chi connectivity index (χ0v) is 15.7. The van der Waals surface area contributed by atoms with E-state index in [0.717, 1.165) is 5.56 Å². The van der Waals surface area contributed by atoms with Gasteiger partial charge in [0, 0.05) is 6.20 Å². The quantitative estimate of drug-likeness (QED) is 0.617. The Kier molecular flexibility index (Phi) is 6.10. The molecule has 0 saturated heterocycles. The minimum atomic E-state index is -4.65. The molecule has 0 aliphatic carbocycles. The van der Waals surface area contributed by atoms with Gasteiger partial charge < -0.3 is 19.8 Å². The summed E-state index contributed by atoms with van der Waals surface area (Å²) in [7, 11) is 0. The topological polar surface area (TPSA) is 80.4 Å². The van der Waals surface area contributed by atoms with E-state index in [-0.39, 0.29) is 0 Å². The molecule has 0 aliphatic heterocycles. The number of hydrogen-bond acceptors (Lipinski definition) is 4. The van der Waals surface area contributed by atoms with Crippen molar-refractivity contribution in [3.63, 3.8) is 0 Å². The number of aryl methyl sites for hydroxylation is 1. The fraction of sp³-hybridized carbons (Fsp3) is 0.143. The fourth-order valence-corrected chi connectivity index (χ4v) is 2.42. The summed E-state index contributed by atoms with van der Waals surface area (Å²) in [4.78, 5) is 25.5. The molecule has 0 fully saturated rings. The molecule has 30 heavy (non-hydrogen) atoms. The highest BCUT2D eigenvalue weighted by atomic mass is 19.4. The molecule has 6 nitrogen and oxygen atoms in total. The van der Waals surface area contributed by atoms with Crippen LogP contribution < -0.4 is 20.3 Å². The van der Waals surface area contributed by atoms with Crippen LogP contribution in [0.4, 0.5) is 18.9 Å². The second kappa shape index (κ2) is 8.73. The van der Waals surface area contributed by atoms with E-state index in [1.807, 2.05) is 36.2 Å². The van der Waals surface area contributed by atoms with Gasteiger partial charge in [-0.15, -0.1) is 0 Å². The van der Waals surface area contributed by atoms with Crippen LogP contribution in [0.1, 0.15) is 11.1 Å². The number of anilines is 1. The second-order valence-corrected chi connectivity index (χ2v) is 6.35. The van der Waals surface area contributed by atoms with Crippen molar-refractivity contribution in [3.8, 4) is 17.2 Å². The third-order valence-corrected chi connectivity index (χ3v) is 3.95. The highest BCUT2D eigenvalue weighted by Gasteiger charge is 2.31. The van der Waals surface area contributed by atoms with Crippen LogP contribution in [-0.4, -0.2) is 17.5 Å². The third kappa shape index (κ3) is 5.63. The number of ether oxygens (including phenoxy) is 2. The molecule has 0 spiro atoms. The van der Waals surface area contributed by atoms with Gasteiger partial charge in [0.25, 0.3) is 11.5 Å². The number of aromatic nitrogens is 1. The van der Waals surface area contributed by atoms with Crippen molar-refractivity contribution in [2.75, 3.05) is 11.9 Å². The van der Waals surface area contributed by atoms with Gasteiger partial charge in [0.15, 0.2) is 6.61 Å². The molecule has 2 aromatic carbocycles. The van der Waals surface area contributed by atoms with Crippen molar-refractivity contribution in [3.05, 3.63) is 82.3 Å². The smallest absolute Gasteiger partial charge is 0.417 e. The molecule has 0 atom stereocenters.